The van der Waals surface area contributed by atoms with Crippen molar-refractivity contribution in [1.29, 1.82) is 0 Å². The van der Waals surface area contributed by atoms with Crippen LogP contribution >= 0.6 is 0 Å². The Hall–Kier alpha value is -0.410. The van der Waals surface area contributed by atoms with Gasteiger partial charge >= 0.3 is 0 Å². The molecular formula is C12H21NO2. The van der Waals surface area contributed by atoms with Crippen molar-refractivity contribution >= 4 is 5.78 Å². The molecule has 0 aromatic heterocycles. The summed E-state index contributed by atoms with van der Waals surface area (Å²) in [6.45, 7) is 6.94. The Morgan fingerprint density at radius 1 is 1.47 bits per heavy atom. The Morgan fingerprint density at radius 3 is 2.47 bits per heavy atom. The maximum atomic E-state index is 11.9. The number of aliphatic hydroxyl groups is 1. The average Bonchev–Trinajstić information content (AvgIpc) is 2.64. The second kappa shape index (κ2) is 3.05. The van der Waals surface area contributed by atoms with E-state index >= 15 is 0 Å². The van der Waals surface area contributed by atoms with Crippen molar-refractivity contribution in [2.45, 2.75) is 39.7 Å². The molecule has 0 heterocycles. The van der Waals surface area contributed by atoms with Crippen molar-refractivity contribution in [3.05, 3.63) is 0 Å². The zero-order chi connectivity index (χ0) is 11.4. The first-order valence-electron chi connectivity index (χ1n) is 5.74. The molecule has 3 heteroatoms. The van der Waals surface area contributed by atoms with Crippen LogP contribution in [0.1, 0.15) is 33.6 Å². The van der Waals surface area contributed by atoms with Crippen LogP contribution in [0.3, 0.4) is 0 Å². The molecule has 0 radical (unpaired) electrons. The van der Waals surface area contributed by atoms with E-state index in [0.717, 1.165) is 12.8 Å². The normalized spacial score (nSPS) is 45.1. The summed E-state index contributed by atoms with van der Waals surface area (Å²) in [5, 5.41) is 9.89. The van der Waals surface area contributed by atoms with Gasteiger partial charge in [0.1, 0.15) is 6.10 Å². The van der Waals surface area contributed by atoms with Gasteiger partial charge < -0.3 is 10.8 Å². The standard InChI is InChI=1S/C12H21NO2/c1-11(2,3)8-5-12(6-13)4-7(8)9(14)10(12)15/h7-8,10,15H,4-6,13H2,1-3H3/t7?,8?,10-,12+/m0/s1. The van der Waals surface area contributed by atoms with Crippen LogP contribution in [0.25, 0.3) is 0 Å². The summed E-state index contributed by atoms with van der Waals surface area (Å²) in [6, 6.07) is 0. The highest BCUT2D eigenvalue weighted by molar-refractivity contribution is 5.90. The molecule has 0 amide bonds. The van der Waals surface area contributed by atoms with Crippen molar-refractivity contribution in [2.75, 3.05) is 6.54 Å². The van der Waals surface area contributed by atoms with Crippen LogP contribution in [0.15, 0.2) is 0 Å². The molecule has 2 bridgehead atoms. The van der Waals surface area contributed by atoms with Gasteiger partial charge in [-0.25, -0.2) is 0 Å². The van der Waals surface area contributed by atoms with Gasteiger partial charge in [-0.15, -0.1) is 0 Å². The predicted octanol–water partition coefficient (Wildman–Crippen LogP) is 0.947. The van der Waals surface area contributed by atoms with Crippen molar-refractivity contribution in [3.8, 4) is 0 Å². The van der Waals surface area contributed by atoms with Crippen LogP contribution < -0.4 is 5.73 Å². The molecular weight excluding hydrogens is 190 g/mol. The summed E-state index contributed by atoms with van der Waals surface area (Å²) in [4.78, 5) is 11.9. The Kier molecular flexibility index (Phi) is 2.25. The van der Waals surface area contributed by atoms with E-state index in [0.29, 0.717) is 12.5 Å². The third kappa shape index (κ3) is 1.36. The van der Waals surface area contributed by atoms with Crippen molar-refractivity contribution in [1.82, 2.24) is 0 Å². The molecule has 4 atom stereocenters. The molecule has 0 spiro atoms. The number of hydrogen-bond donors (Lipinski definition) is 2. The van der Waals surface area contributed by atoms with Crippen LogP contribution in [-0.2, 0) is 4.79 Å². The first-order valence-corrected chi connectivity index (χ1v) is 5.74. The quantitative estimate of drug-likeness (QED) is 0.678. The third-order valence-electron chi connectivity index (χ3n) is 4.47. The number of carbonyl (C=O) groups is 1. The van der Waals surface area contributed by atoms with Gasteiger partial charge in [0, 0.05) is 17.9 Å². The van der Waals surface area contributed by atoms with E-state index in [9.17, 15) is 9.90 Å². The van der Waals surface area contributed by atoms with Crippen molar-refractivity contribution < 1.29 is 9.90 Å². The van der Waals surface area contributed by atoms with Gasteiger partial charge in [0.05, 0.1) is 0 Å². The van der Waals surface area contributed by atoms with Gasteiger partial charge in [0.25, 0.3) is 0 Å². The lowest BCUT2D eigenvalue weighted by Crippen LogP contribution is -2.46. The fourth-order valence-electron chi connectivity index (χ4n) is 3.46. The lowest BCUT2D eigenvalue weighted by molar-refractivity contribution is -0.137. The highest BCUT2D eigenvalue weighted by Crippen LogP contribution is 2.59. The number of aliphatic hydroxyl groups excluding tert-OH is 1. The minimum absolute atomic E-state index is 0.0339. The minimum atomic E-state index is -0.800. The number of hydrogen-bond acceptors (Lipinski definition) is 3. The molecule has 2 rings (SSSR count). The van der Waals surface area contributed by atoms with Crippen LogP contribution in [0.5, 0.6) is 0 Å². The summed E-state index contributed by atoms with van der Waals surface area (Å²) in [5.74, 6) is 0.465. The van der Waals surface area contributed by atoms with Gasteiger partial charge in [0.2, 0.25) is 0 Å². The van der Waals surface area contributed by atoms with E-state index in [2.05, 4.69) is 20.8 Å². The molecule has 2 saturated carbocycles. The van der Waals surface area contributed by atoms with Gasteiger partial charge in [0.15, 0.2) is 5.78 Å². The lowest BCUT2D eigenvalue weighted by atomic mass is 9.68. The first kappa shape index (κ1) is 11.1. The van der Waals surface area contributed by atoms with E-state index in [4.69, 9.17) is 5.73 Å². The zero-order valence-corrected chi connectivity index (χ0v) is 9.79. The van der Waals surface area contributed by atoms with Gasteiger partial charge in [-0.1, -0.05) is 20.8 Å². The summed E-state index contributed by atoms with van der Waals surface area (Å²) in [6.07, 6.45) is 0.904. The largest absolute Gasteiger partial charge is 0.385 e. The molecule has 0 aromatic rings. The number of ketones is 1. The highest BCUT2D eigenvalue weighted by atomic mass is 16.3. The Balaban J connectivity index is 2.31. The Morgan fingerprint density at radius 2 is 2.07 bits per heavy atom. The maximum absolute atomic E-state index is 11.9. The van der Waals surface area contributed by atoms with E-state index < -0.39 is 6.10 Å². The van der Waals surface area contributed by atoms with Crippen LogP contribution in [0.2, 0.25) is 0 Å². The van der Waals surface area contributed by atoms with Gasteiger partial charge in [-0.3, -0.25) is 4.79 Å². The summed E-state index contributed by atoms with van der Waals surface area (Å²) >= 11 is 0. The molecule has 0 aliphatic heterocycles. The molecule has 0 saturated heterocycles. The third-order valence-corrected chi connectivity index (χ3v) is 4.47. The van der Waals surface area contributed by atoms with Crippen LogP contribution in [-0.4, -0.2) is 23.5 Å². The van der Waals surface area contributed by atoms with E-state index in [1.54, 1.807) is 0 Å². The number of rotatable bonds is 1. The fraction of sp³-hybridized carbons (Fsp3) is 0.917. The molecule has 15 heavy (non-hydrogen) atoms. The van der Waals surface area contributed by atoms with Gasteiger partial charge in [-0.2, -0.15) is 0 Å². The SMILES string of the molecule is CC(C)(C)C1C[C@@]2(CN)CC1C(=O)[C@@H]2O. The second-order valence-corrected chi connectivity index (χ2v) is 6.36. The zero-order valence-electron chi connectivity index (χ0n) is 9.79. The van der Waals surface area contributed by atoms with Crippen LogP contribution in [0.4, 0.5) is 0 Å². The number of nitrogens with two attached hydrogens (primary N) is 1. The smallest absolute Gasteiger partial charge is 0.165 e. The Bertz CT molecular complexity index is 294. The number of fused-ring (bicyclic) bond motifs is 2. The molecule has 0 aromatic carbocycles. The molecule has 2 aliphatic rings. The molecule has 3 N–H and O–H groups in total. The molecule has 2 unspecified atom stereocenters. The molecule has 2 fully saturated rings. The monoisotopic (exact) mass is 211 g/mol. The summed E-state index contributed by atoms with van der Waals surface area (Å²) in [5.41, 5.74) is 5.58. The van der Waals surface area contributed by atoms with Crippen molar-refractivity contribution in [3.63, 3.8) is 0 Å². The number of carbonyl (C=O) groups excluding carboxylic acids is 1. The molecule has 3 nitrogen and oxygen atoms in total. The topological polar surface area (TPSA) is 63.3 Å². The van der Waals surface area contributed by atoms with E-state index in [-0.39, 0.29) is 22.5 Å². The van der Waals surface area contributed by atoms with E-state index in [1.165, 1.54) is 0 Å². The van der Waals surface area contributed by atoms with Crippen LogP contribution in [0, 0.1) is 22.7 Å². The molecule has 2 aliphatic carbocycles. The Labute approximate surface area is 91.0 Å². The number of Topliss-reactive ketones (excluding diaryl/α,β-unsaturated/α-hetero) is 1. The minimum Gasteiger partial charge on any atom is -0.385 e. The van der Waals surface area contributed by atoms with E-state index in [1.807, 2.05) is 0 Å². The lowest BCUT2D eigenvalue weighted by Gasteiger charge is -2.38. The van der Waals surface area contributed by atoms with Crippen molar-refractivity contribution in [2.24, 2.45) is 28.4 Å². The first-order chi connectivity index (χ1) is 6.82. The summed E-state index contributed by atoms with van der Waals surface area (Å²) < 4.78 is 0. The summed E-state index contributed by atoms with van der Waals surface area (Å²) in [7, 11) is 0. The fourth-order valence-corrected chi connectivity index (χ4v) is 3.46. The average molecular weight is 211 g/mol. The predicted molar refractivity (Wildman–Crippen MR) is 58.2 cm³/mol. The second-order valence-electron chi connectivity index (χ2n) is 6.36. The highest BCUT2D eigenvalue weighted by Gasteiger charge is 2.62. The van der Waals surface area contributed by atoms with Gasteiger partial charge in [-0.05, 0) is 24.2 Å². The maximum Gasteiger partial charge on any atom is 0.165 e. The molecule has 86 valence electrons.